The smallest absolute Gasteiger partial charge is 0.271 e. The summed E-state index contributed by atoms with van der Waals surface area (Å²) in [7, 11) is 0. The summed E-state index contributed by atoms with van der Waals surface area (Å²) in [4.78, 5) is 27.0. The minimum absolute atomic E-state index is 0.209. The van der Waals surface area contributed by atoms with E-state index < -0.39 is 0 Å². The SMILES string of the molecule is O=C(N/N=C/c1cccc(OCCN2CCOCC2)c1)c1ccc(NC(=O)c2ccccc2)cc1. The maximum Gasteiger partial charge on any atom is 0.271 e. The molecule has 1 fully saturated rings. The van der Waals surface area contributed by atoms with Crippen molar-refractivity contribution in [2.75, 3.05) is 44.8 Å². The quantitative estimate of drug-likeness (QED) is 0.368. The van der Waals surface area contributed by atoms with Crippen molar-refractivity contribution in [2.45, 2.75) is 0 Å². The van der Waals surface area contributed by atoms with E-state index in [2.05, 4.69) is 20.7 Å². The van der Waals surface area contributed by atoms with E-state index >= 15 is 0 Å². The summed E-state index contributed by atoms with van der Waals surface area (Å²) in [6.45, 7) is 4.85. The first-order chi connectivity index (χ1) is 17.2. The highest BCUT2D eigenvalue weighted by atomic mass is 16.5. The summed E-state index contributed by atoms with van der Waals surface area (Å²) < 4.78 is 11.2. The average Bonchev–Trinajstić information content (AvgIpc) is 2.90. The maximum absolute atomic E-state index is 12.4. The summed E-state index contributed by atoms with van der Waals surface area (Å²) in [5, 5.41) is 6.86. The topological polar surface area (TPSA) is 92.3 Å². The Hall–Kier alpha value is -4.01. The molecule has 2 N–H and O–H groups in total. The second kappa shape index (κ2) is 12.5. The van der Waals surface area contributed by atoms with E-state index in [1.807, 2.05) is 30.3 Å². The van der Waals surface area contributed by atoms with Crippen LogP contribution in [0, 0.1) is 0 Å². The lowest BCUT2D eigenvalue weighted by Gasteiger charge is -2.26. The van der Waals surface area contributed by atoms with Gasteiger partial charge in [-0.3, -0.25) is 14.5 Å². The van der Waals surface area contributed by atoms with E-state index in [-0.39, 0.29) is 11.8 Å². The molecule has 1 aliphatic heterocycles. The maximum atomic E-state index is 12.4. The highest BCUT2D eigenvalue weighted by molar-refractivity contribution is 6.04. The summed E-state index contributed by atoms with van der Waals surface area (Å²) >= 11 is 0. The van der Waals surface area contributed by atoms with E-state index in [1.54, 1.807) is 54.7 Å². The van der Waals surface area contributed by atoms with Crippen molar-refractivity contribution >= 4 is 23.7 Å². The van der Waals surface area contributed by atoms with Crippen molar-refractivity contribution in [3.8, 4) is 5.75 Å². The second-order valence-corrected chi connectivity index (χ2v) is 7.97. The Morgan fingerprint density at radius 1 is 0.914 bits per heavy atom. The zero-order valence-electron chi connectivity index (χ0n) is 19.4. The van der Waals surface area contributed by atoms with E-state index in [1.165, 1.54) is 0 Å². The molecule has 0 radical (unpaired) electrons. The standard InChI is InChI=1S/C27H28N4O4/c32-26(22-6-2-1-3-7-22)29-24-11-9-23(10-12-24)27(33)30-28-20-21-5-4-8-25(19-21)35-18-15-31-13-16-34-17-14-31/h1-12,19-20H,13-18H2,(H,29,32)(H,30,33)/b28-20+. The van der Waals surface area contributed by atoms with Crippen molar-refractivity contribution in [1.29, 1.82) is 0 Å². The van der Waals surface area contributed by atoms with Crippen molar-refractivity contribution < 1.29 is 19.1 Å². The molecule has 8 heteroatoms. The molecule has 0 aliphatic carbocycles. The molecule has 8 nitrogen and oxygen atoms in total. The Kier molecular flexibility index (Phi) is 8.58. The number of carbonyl (C=O) groups excluding carboxylic acids is 2. The van der Waals surface area contributed by atoms with Gasteiger partial charge in [-0.1, -0.05) is 30.3 Å². The Labute approximate surface area is 204 Å². The number of morpholine rings is 1. The number of rotatable bonds is 9. The van der Waals surface area contributed by atoms with Gasteiger partial charge in [0.15, 0.2) is 0 Å². The number of benzene rings is 3. The van der Waals surface area contributed by atoms with Crippen LogP contribution in [0.15, 0.2) is 84.0 Å². The number of hydrogen-bond acceptors (Lipinski definition) is 6. The molecule has 180 valence electrons. The first kappa shape index (κ1) is 24.1. The fourth-order valence-corrected chi connectivity index (χ4v) is 3.53. The molecule has 0 aromatic heterocycles. The third-order valence-corrected chi connectivity index (χ3v) is 5.46. The van der Waals surface area contributed by atoms with Crippen LogP contribution >= 0.6 is 0 Å². The Morgan fingerprint density at radius 3 is 2.43 bits per heavy atom. The first-order valence-corrected chi connectivity index (χ1v) is 11.5. The Balaban J connectivity index is 1.24. The van der Waals surface area contributed by atoms with Gasteiger partial charge in [0.1, 0.15) is 12.4 Å². The number of anilines is 1. The zero-order chi connectivity index (χ0) is 24.3. The zero-order valence-corrected chi connectivity index (χ0v) is 19.4. The van der Waals surface area contributed by atoms with Crippen LogP contribution in [0.2, 0.25) is 0 Å². The van der Waals surface area contributed by atoms with Crippen LogP contribution in [0.4, 0.5) is 5.69 Å². The highest BCUT2D eigenvalue weighted by Gasteiger charge is 2.10. The molecule has 4 rings (SSSR count). The average molecular weight is 473 g/mol. The molecule has 0 unspecified atom stereocenters. The summed E-state index contributed by atoms with van der Waals surface area (Å²) in [6, 6.07) is 23.1. The van der Waals surface area contributed by atoms with Gasteiger partial charge in [0.2, 0.25) is 0 Å². The Morgan fingerprint density at radius 2 is 1.66 bits per heavy atom. The second-order valence-electron chi connectivity index (χ2n) is 7.97. The largest absolute Gasteiger partial charge is 0.492 e. The molecule has 3 aromatic carbocycles. The van der Waals surface area contributed by atoms with Crippen molar-refractivity contribution in [2.24, 2.45) is 5.10 Å². The molecule has 0 spiro atoms. The highest BCUT2D eigenvalue weighted by Crippen LogP contribution is 2.13. The lowest BCUT2D eigenvalue weighted by atomic mass is 10.1. The molecule has 0 bridgehead atoms. The van der Waals surface area contributed by atoms with Gasteiger partial charge in [-0.2, -0.15) is 5.10 Å². The van der Waals surface area contributed by atoms with Gasteiger partial charge < -0.3 is 14.8 Å². The molecule has 2 amide bonds. The molecular weight excluding hydrogens is 444 g/mol. The predicted molar refractivity (Wildman–Crippen MR) is 135 cm³/mol. The number of carbonyl (C=O) groups is 2. The van der Waals surface area contributed by atoms with Gasteiger partial charge in [-0.25, -0.2) is 5.43 Å². The number of amides is 2. The van der Waals surface area contributed by atoms with Gasteiger partial charge in [0.25, 0.3) is 11.8 Å². The lowest BCUT2D eigenvalue weighted by Crippen LogP contribution is -2.38. The van der Waals surface area contributed by atoms with E-state index in [0.29, 0.717) is 23.4 Å². The van der Waals surface area contributed by atoms with Crippen molar-refractivity contribution in [3.05, 3.63) is 95.6 Å². The number of ether oxygens (including phenoxy) is 2. The fraction of sp³-hybridized carbons (Fsp3) is 0.222. The van der Waals surface area contributed by atoms with Crippen LogP contribution in [0.3, 0.4) is 0 Å². The third-order valence-electron chi connectivity index (χ3n) is 5.46. The minimum Gasteiger partial charge on any atom is -0.492 e. The lowest BCUT2D eigenvalue weighted by molar-refractivity contribution is 0.0322. The van der Waals surface area contributed by atoms with Gasteiger partial charge in [0.05, 0.1) is 19.4 Å². The van der Waals surface area contributed by atoms with Crippen LogP contribution in [0.5, 0.6) is 5.75 Å². The molecule has 1 heterocycles. The van der Waals surface area contributed by atoms with E-state index in [0.717, 1.165) is 44.2 Å². The number of nitrogens with zero attached hydrogens (tertiary/aromatic N) is 2. The van der Waals surface area contributed by atoms with Gasteiger partial charge in [-0.15, -0.1) is 0 Å². The molecule has 1 saturated heterocycles. The van der Waals surface area contributed by atoms with Crippen LogP contribution in [-0.2, 0) is 4.74 Å². The number of nitrogens with one attached hydrogen (secondary N) is 2. The van der Waals surface area contributed by atoms with E-state index in [9.17, 15) is 9.59 Å². The Bertz CT molecular complexity index is 1140. The summed E-state index contributed by atoms with van der Waals surface area (Å²) in [5.74, 6) is 0.196. The van der Waals surface area contributed by atoms with Crippen LogP contribution in [0.1, 0.15) is 26.3 Å². The minimum atomic E-state index is -0.347. The van der Waals surface area contributed by atoms with Crippen LogP contribution in [-0.4, -0.2) is 62.4 Å². The number of hydrazone groups is 1. The molecule has 0 atom stereocenters. The fourth-order valence-electron chi connectivity index (χ4n) is 3.53. The molecule has 1 aliphatic rings. The van der Waals surface area contributed by atoms with E-state index in [4.69, 9.17) is 9.47 Å². The molecule has 35 heavy (non-hydrogen) atoms. The molecular formula is C27H28N4O4. The molecule has 0 saturated carbocycles. The monoisotopic (exact) mass is 472 g/mol. The van der Waals surface area contributed by atoms with Gasteiger partial charge in [0, 0.05) is 36.4 Å². The first-order valence-electron chi connectivity index (χ1n) is 11.5. The van der Waals surface area contributed by atoms with Crippen LogP contribution in [0.25, 0.3) is 0 Å². The molecule has 3 aromatic rings. The van der Waals surface area contributed by atoms with Crippen molar-refractivity contribution in [1.82, 2.24) is 10.3 Å². The predicted octanol–water partition coefficient (Wildman–Crippen LogP) is 3.41. The van der Waals surface area contributed by atoms with Gasteiger partial charge in [-0.05, 0) is 54.1 Å². The van der Waals surface area contributed by atoms with Gasteiger partial charge >= 0.3 is 0 Å². The summed E-state index contributed by atoms with van der Waals surface area (Å²) in [5.41, 5.74) is 4.93. The normalized spacial score (nSPS) is 13.9. The van der Waals surface area contributed by atoms with Crippen molar-refractivity contribution in [3.63, 3.8) is 0 Å². The third kappa shape index (κ3) is 7.49. The summed E-state index contributed by atoms with van der Waals surface area (Å²) in [6.07, 6.45) is 1.57. The number of hydrogen-bond donors (Lipinski definition) is 2. The van der Waals surface area contributed by atoms with Crippen LogP contribution < -0.4 is 15.5 Å².